The summed E-state index contributed by atoms with van der Waals surface area (Å²) in [7, 11) is 0. The van der Waals surface area contributed by atoms with Crippen LogP contribution in [0, 0.1) is 0 Å². The molecule has 3 nitrogen and oxygen atoms in total. The molecular formula is C15H24O3. The van der Waals surface area contributed by atoms with Gasteiger partial charge >= 0.3 is 0 Å². The van der Waals surface area contributed by atoms with E-state index in [1.54, 1.807) is 0 Å². The quantitative estimate of drug-likeness (QED) is 0.784. The topological polar surface area (TPSA) is 49.7 Å². The summed E-state index contributed by atoms with van der Waals surface area (Å²) in [6.45, 7) is 6.07. The molecular weight excluding hydrogens is 228 g/mol. The Kier molecular flexibility index (Phi) is 5.63. The lowest BCUT2D eigenvalue weighted by molar-refractivity contribution is -0.0122. The maximum atomic E-state index is 10.2. The summed E-state index contributed by atoms with van der Waals surface area (Å²) in [6, 6.07) is 7.45. The van der Waals surface area contributed by atoms with Crippen LogP contribution in [0.2, 0.25) is 0 Å². The summed E-state index contributed by atoms with van der Waals surface area (Å²) in [4.78, 5) is 0. The minimum absolute atomic E-state index is 0.257. The number of hydrogen-bond donors (Lipinski definition) is 2. The maximum Gasteiger partial charge on any atom is 0.125 e. The number of rotatable bonds is 7. The number of hydrogen-bond acceptors (Lipinski definition) is 3. The highest BCUT2D eigenvalue weighted by molar-refractivity contribution is 5.35. The SMILES string of the molecule is CC[C@@H](O)c1ccccc1OCC(O)(CC)CC. The number of aliphatic hydroxyl groups excluding tert-OH is 1. The molecule has 0 fully saturated rings. The van der Waals surface area contributed by atoms with E-state index in [9.17, 15) is 10.2 Å². The molecule has 0 aliphatic rings. The Morgan fingerprint density at radius 1 is 1.17 bits per heavy atom. The third-order valence-corrected chi connectivity index (χ3v) is 3.48. The van der Waals surface area contributed by atoms with Gasteiger partial charge in [0, 0.05) is 5.56 Å². The van der Waals surface area contributed by atoms with E-state index in [0.717, 1.165) is 5.56 Å². The van der Waals surface area contributed by atoms with Gasteiger partial charge in [0.05, 0.1) is 11.7 Å². The fourth-order valence-corrected chi connectivity index (χ4v) is 1.77. The molecule has 0 aliphatic carbocycles. The van der Waals surface area contributed by atoms with Crippen molar-refractivity contribution in [1.29, 1.82) is 0 Å². The highest BCUT2D eigenvalue weighted by atomic mass is 16.5. The van der Waals surface area contributed by atoms with Crippen molar-refractivity contribution in [3.63, 3.8) is 0 Å². The predicted molar refractivity (Wildman–Crippen MR) is 72.7 cm³/mol. The summed E-state index contributed by atoms with van der Waals surface area (Å²) in [5.41, 5.74) is -0.000796. The van der Waals surface area contributed by atoms with Crippen LogP contribution in [0.3, 0.4) is 0 Å². The van der Waals surface area contributed by atoms with Gasteiger partial charge in [0.2, 0.25) is 0 Å². The zero-order valence-electron chi connectivity index (χ0n) is 11.5. The van der Waals surface area contributed by atoms with Crippen molar-refractivity contribution >= 4 is 0 Å². The monoisotopic (exact) mass is 252 g/mol. The van der Waals surface area contributed by atoms with Crippen molar-refractivity contribution < 1.29 is 14.9 Å². The normalized spacial score (nSPS) is 13.4. The van der Waals surface area contributed by atoms with Crippen LogP contribution >= 0.6 is 0 Å². The van der Waals surface area contributed by atoms with Gasteiger partial charge in [-0.15, -0.1) is 0 Å². The first-order valence-electron chi connectivity index (χ1n) is 6.68. The molecule has 2 N–H and O–H groups in total. The van der Waals surface area contributed by atoms with Gasteiger partial charge in [0.25, 0.3) is 0 Å². The summed E-state index contributed by atoms with van der Waals surface area (Å²) < 4.78 is 5.70. The lowest BCUT2D eigenvalue weighted by Crippen LogP contribution is -2.34. The summed E-state index contributed by atoms with van der Waals surface area (Å²) >= 11 is 0. The van der Waals surface area contributed by atoms with Crippen molar-refractivity contribution in [2.75, 3.05) is 6.61 Å². The van der Waals surface area contributed by atoms with Crippen LogP contribution in [-0.2, 0) is 0 Å². The Bertz CT molecular complexity index is 359. The zero-order valence-corrected chi connectivity index (χ0v) is 11.5. The van der Waals surface area contributed by atoms with E-state index >= 15 is 0 Å². The molecule has 0 heterocycles. The molecule has 1 aromatic rings. The Labute approximate surface area is 109 Å². The van der Waals surface area contributed by atoms with Gasteiger partial charge in [-0.05, 0) is 25.3 Å². The number of ether oxygens (including phenoxy) is 1. The largest absolute Gasteiger partial charge is 0.490 e. The highest BCUT2D eigenvalue weighted by Gasteiger charge is 2.24. The fourth-order valence-electron chi connectivity index (χ4n) is 1.77. The molecule has 0 spiro atoms. The average molecular weight is 252 g/mol. The minimum atomic E-state index is -0.787. The highest BCUT2D eigenvalue weighted by Crippen LogP contribution is 2.28. The van der Waals surface area contributed by atoms with Crippen LogP contribution in [0.4, 0.5) is 0 Å². The number of aliphatic hydroxyl groups is 2. The van der Waals surface area contributed by atoms with Gasteiger partial charge in [0.1, 0.15) is 12.4 Å². The molecule has 0 bridgehead atoms. The van der Waals surface area contributed by atoms with E-state index in [2.05, 4.69) is 0 Å². The van der Waals surface area contributed by atoms with E-state index in [-0.39, 0.29) is 6.61 Å². The molecule has 1 rings (SSSR count). The van der Waals surface area contributed by atoms with Gasteiger partial charge in [-0.3, -0.25) is 0 Å². The van der Waals surface area contributed by atoms with Gasteiger partial charge in [-0.25, -0.2) is 0 Å². The third kappa shape index (κ3) is 3.72. The summed E-state index contributed by atoms with van der Waals surface area (Å²) in [5.74, 6) is 0.659. The molecule has 0 amide bonds. The molecule has 0 unspecified atom stereocenters. The predicted octanol–water partition coefficient (Wildman–Crippen LogP) is 3.06. The van der Waals surface area contributed by atoms with Crippen molar-refractivity contribution in [2.45, 2.75) is 51.7 Å². The Morgan fingerprint density at radius 3 is 2.33 bits per heavy atom. The zero-order chi connectivity index (χ0) is 13.6. The van der Waals surface area contributed by atoms with Crippen LogP contribution in [0.25, 0.3) is 0 Å². The van der Waals surface area contributed by atoms with Gasteiger partial charge in [-0.1, -0.05) is 39.0 Å². The summed E-state index contributed by atoms with van der Waals surface area (Å²) in [6.07, 6.45) is 1.44. The van der Waals surface area contributed by atoms with Crippen molar-refractivity contribution in [3.05, 3.63) is 29.8 Å². The number of para-hydroxylation sites is 1. The van der Waals surface area contributed by atoms with Gasteiger partial charge in [-0.2, -0.15) is 0 Å². The van der Waals surface area contributed by atoms with Crippen LogP contribution < -0.4 is 4.74 Å². The molecule has 1 aromatic carbocycles. The lowest BCUT2D eigenvalue weighted by Gasteiger charge is -2.26. The average Bonchev–Trinajstić information content (AvgIpc) is 2.44. The van der Waals surface area contributed by atoms with Crippen LogP contribution in [0.5, 0.6) is 5.75 Å². The molecule has 0 saturated heterocycles. The third-order valence-electron chi connectivity index (χ3n) is 3.48. The van der Waals surface area contributed by atoms with Gasteiger partial charge < -0.3 is 14.9 Å². The Morgan fingerprint density at radius 2 is 1.78 bits per heavy atom. The molecule has 1 atom stereocenters. The Balaban J connectivity index is 2.78. The Hall–Kier alpha value is -1.06. The standard InChI is InChI=1S/C15H24O3/c1-4-13(16)12-9-7-8-10-14(12)18-11-15(17,5-2)6-3/h7-10,13,16-17H,4-6,11H2,1-3H3/t13-/m1/s1. The molecule has 0 aromatic heterocycles. The minimum Gasteiger partial charge on any atom is -0.490 e. The fraction of sp³-hybridized carbons (Fsp3) is 0.600. The van der Waals surface area contributed by atoms with E-state index in [1.165, 1.54) is 0 Å². The first-order valence-corrected chi connectivity index (χ1v) is 6.68. The maximum absolute atomic E-state index is 10.2. The van der Waals surface area contributed by atoms with E-state index in [1.807, 2.05) is 45.0 Å². The molecule has 3 heteroatoms. The molecule has 0 radical (unpaired) electrons. The first-order chi connectivity index (χ1) is 8.56. The van der Waals surface area contributed by atoms with Crippen LogP contribution in [-0.4, -0.2) is 22.4 Å². The van der Waals surface area contributed by atoms with Crippen LogP contribution in [0.15, 0.2) is 24.3 Å². The van der Waals surface area contributed by atoms with E-state index < -0.39 is 11.7 Å². The smallest absolute Gasteiger partial charge is 0.125 e. The number of benzene rings is 1. The van der Waals surface area contributed by atoms with E-state index in [0.29, 0.717) is 25.0 Å². The molecule has 0 saturated carbocycles. The first kappa shape index (κ1) is 15.0. The van der Waals surface area contributed by atoms with Crippen molar-refractivity contribution in [1.82, 2.24) is 0 Å². The van der Waals surface area contributed by atoms with Gasteiger partial charge in [0.15, 0.2) is 0 Å². The summed E-state index contributed by atoms with van der Waals surface area (Å²) in [5, 5.41) is 20.1. The van der Waals surface area contributed by atoms with E-state index in [4.69, 9.17) is 4.74 Å². The van der Waals surface area contributed by atoms with Crippen LogP contribution in [0.1, 0.15) is 51.7 Å². The van der Waals surface area contributed by atoms with Crippen molar-refractivity contribution in [3.8, 4) is 5.75 Å². The molecule has 18 heavy (non-hydrogen) atoms. The second-order valence-electron chi connectivity index (χ2n) is 4.68. The van der Waals surface area contributed by atoms with Crippen molar-refractivity contribution in [2.24, 2.45) is 0 Å². The second kappa shape index (κ2) is 6.76. The molecule has 102 valence electrons. The second-order valence-corrected chi connectivity index (χ2v) is 4.68. The molecule has 0 aliphatic heterocycles. The lowest BCUT2D eigenvalue weighted by atomic mass is 9.99.